The first-order chi connectivity index (χ1) is 10.4. The van der Waals surface area contributed by atoms with Crippen molar-refractivity contribution >= 4 is 17.7 Å². The van der Waals surface area contributed by atoms with Crippen molar-refractivity contribution in [3.63, 3.8) is 0 Å². The van der Waals surface area contributed by atoms with Crippen molar-refractivity contribution in [2.45, 2.75) is 45.2 Å². The van der Waals surface area contributed by atoms with Gasteiger partial charge in [-0.15, -0.1) is 0 Å². The van der Waals surface area contributed by atoms with Gasteiger partial charge < -0.3 is 14.9 Å². The molecule has 2 heterocycles. The van der Waals surface area contributed by atoms with Crippen LogP contribution in [0, 0.1) is 0 Å². The van der Waals surface area contributed by atoms with E-state index < -0.39 is 12.0 Å². The Morgan fingerprint density at radius 3 is 2.82 bits per heavy atom. The highest BCUT2D eigenvalue weighted by Gasteiger charge is 2.24. The summed E-state index contributed by atoms with van der Waals surface area (Å²) in [6.45, 7) is 4.59. The predicted octanol–water partition coefficient (Wildman–Crippen LogP) is 2.01. The van der Waals surface area contributed by atoms with Gasteiger partial charge in [-0.3, -0.25) is 4.79 Å². The van der Waals surface area contributed by atoms with Crippen molar-refractivity contribution in [1.82, 2.24) is 9.88 Å². The Balaban J connectivity index is 2.20. The van der Waals surface area contributed by atoms with Crippen LogP contribution in [0.15, 0.2) is 18.3 Å². The van der Waals surface area contributed by atoms with Crippen molar-refractivity contribution in [1.29, 1.82) is 0 Å². The molecule has 120 valence electrons. The molecule has 0 radical (unpaired) electrons. The molecule has 1 aromatic rings. The normalized spacial score (nSPS) is 19.6. The Labute approximate surface area is 130 Å². The number of pyridine rings is 1. The van der Waals surface area contributed by atoms with Crippen molar-refractivity contribution in [3.8, 4) is 0 Å². The van der Waals surface area contributed by atoms with Gasteiger partial charge in [-0.25, -0.2) is 9.78 Å². The van der Waals surface area contributed by atoms with Crippen molar-refractivity contribution in [3.05, 3.63) is 23.9 Å². The van der Waals surface area contributed by atoms with Crippen LogP contribution in [0.3, 0.4) is 0 Å². The Morgan fingerprint density at radius 2 is 2.18 bits per heavy atom. The number of carboxylic acids is 1. The van der Waals surface area contributed by atoms with Crippen LogP contribution in [0.2, 0.25) is 0 Å². The van der Waals surface area contributed by atoms with E-state index in [1.165, 1.54) is 25.3 Å². The second kappa shape index (κ2) is 6.77. The minimum absolute atomic E-state index is 0.303. The minimum Gasteiger partial charge on any atom is -0.480 e. The molecule has 1 aliphatic rings. The molecule has 1 amide bonds. The van der Waals surface area contributed by atoms with Gasteiger partial charge in [0.25, 0.3) is 5.91 Å². The van der Waals surface area contributed by atoms with Crippen LogP contribution in [-0.4, -0.2) is 52.5 Å². The second-order valence-corrected chi connectivity index (χ2v) is 5.87. The first-order valence-electron chi connectivity index (χ1n) is 7.64. The van der Waals surface area contributed by atoms with Gasteiger partial charge >= 0.3 is 5.97 Å². The smallest absolute Gasteiger partial charge is 0.326 e. The first-order valence-corrected chi connectivity index (χ1v) is 7.64. The summed E-state index contributed by atoms with van der Waals surface area (Å²) in [4.78, 5) is 31.3. The SMILES string of the molecule is CC(C(=O)O)N(C)C(=O)c1ccnc(N2CCCCC2C)c1. The lowest BCUT2D eigenvalue weighted by Crippen LogP contribution is -2.40. The van der Waals surface area contributed by atoms with E-state index in [2.05, 4.69) is 16.8 Å². The number of likely N-dealkylation sites (N-methyl/N-ethyl adjacent to an activating group) is 1. The number of aliphatic carboxylic acids is 1. The molecule has 1 saturated heterocycles. The molecule has 22 heavy (non-hydrogen) atoms. The fourth-order valence-corrected chi connectivity index (χ4v) is 2.69. The van der Waals surface area contributed by atoms with Gasteiger partial charge in [0, 0.05) is 31.4 Å². The first kappa shape index (κ1) is 16.3. The highest BCUT2D eigenvalue weighted by Crippen LogP contribution is 2.23. The summed E-state index contributed by atoms with van der Waals surface area (Å²) in [7, 11) is 1.50. The largest absolute Gasteiger partial charge is 0.480 e. The van der Waals surface area contributed by atoms with Gasteiger partial charge in [0.15, 0.2) is 0 Å². The molecule has 2 rings (SSSR count). The number of carbonyl (C=O) groups excluding carboxylic acids is 1. The lowest BCUT2D eigenvalue weighted by atomic mass is 10.0. The highest BCUT2D eigenvalue weighted by molar-refractivity contribution is 5.96. The van der Waals surface area contributed by atoms with Gasteiger partial charge in [0.05, 0.1) is 0 Å². The van der Waals surface area contributed by atoms with Gasteiger partial charge in [0.1, 0.15) is 11.9 Å². The van der Waals surface area contributed by atoms with E-state index in [1.54, 1.807) is 18.3 Å². The number of hydrogen-bond donors (Lipinski definition) is 1. The van der Waals surface area contributed by atoms with Crippen LogP contribution in [0.1, 0.15) is 43.5 Å². The number of piperidine rings is 1. The fourth-order valence-electron chi connectivity index (χ4n) is 2.69. The number of hydrogen-bond acceptors (Lipinski definition) is 4. The molecule has 0 aliphatic carbocycles. The van der Waals surface area contributed by atoms with E-state index in [0.717, 1.165) is 25.2 Å². The van der Waals surface area contributed by atoms with E-state index in [9.17, 15) is 9.59 Å². The maximum atomic E-state index is 12.4. The third kappa shape index (κ3) is 3.37. The van der Waals surface area contributed by atoms with Gasteiger partial charge in [-0.1, -0.05) is 0 Å². The van der Waals surface area contributed by atoms with E-state index in [1.807, 2.05) is 0 Å². The third-order valence-corrected chi connectivity index (χ3v) is 4.35. The van der Waals surface area contributed by atoms with Gasteiger partial charge in [0.2, 0.25) is 0 Å². The molecule has 0 spiro atoms. The van der Waals surface area contributed by atoms with Crippen LogP contribution >= 0.6 is 0 Å². The zero-order chi connectivity index (χ0) is 16.3. The van der Waals surface area contributed by atoms with Crippen LogP contribution in [0.4, 0.5) is 5.82 Å². The predicted molar refractivity (Wildman–Crippen MR) is 84.1 cm³/mol. The molecule has 1 aliphatic heterocycles. The lowest BCUT2D eigenvalue weighted by Gasteiger charge is -2.34. The standard InChI is InChI=1S/C16H23N3O3/c1-11-6-4-5-9-19(11)14-10-13(7-8-17-14)15(20)18(3)12(2)16(21)22/h7-8,10-12H,4-6,9H2,1-3H3,(H,21,22). The van der Waals surface area contributed by atoms with Gasteiger partial charge in [-0.05, 0) is 45.2 Å². The molecule has 0 saturated carbocycles. The summed E-state index contributed by atoms with van der Waals surface area (Å²) in [6, 6.07) is 2.93. The summed E-state index contributed by atoms with van der Waals surface area (Å²) < 4.78 is 0. The summed E-state index contributed by atoms with van der Waals surface area (Å²) >= 11 is 0. The molecule has 1 aromatic heterocycles. The molecule has 1 fully saturated rings. The van der Waals surface area contributed by atoms with Crippen molar-refractivity contribution in [2.24, 2.45) is 0 Å². The molecule has 6 nitrogen and oxygen atoms in total. The van der Waals surface area contributed by atoms with Crippen molar-refractivity contribution < 1.29 is 14.7 Å². The molecule has 2 unspecified atom stereocenters. The molecule has 0 bridgehead atoms. The van der Waals surface area contributed by atoms with E-state index >= 15 is 0 Å². The van der Waals surface area contributed by atoms with E-state index in [-0.39, 0.29) is 5.91 Å². The van der Waals surface area contributed by atoms with Gasteiger partial charge in [-0.2, -0.15) is 0 Å². The van der Waals surface area contributed by atoms with Crippen LogP contribution < -0.4 is 4.90 Å². The Kier molecular flexibility index (Phi) is 5.00. The quantitative estimate of drug-likeness (QED) is 0.921. The minimum atomic E-state index is -1.02. The zero-order valence-corrected chi connectivity index (χ0v) is 13.3. The third-order valence-electron chi connectivity index (χ3n) is 4.35. The van der Waals surface area contributed by atoms with Crippen LogP contribution in [-0.2, 0) is 4.79 Å². The number of rotatable bonds is 4. The number of amides is 1. The number of aromatic nitrogens is 1. The lowest BCUT2D eigenvalue weighted by molar-refractivity contribution is -0.141. The Morgan fingerprint density at radius 1 is 1.45 bits per heavy atom. The molecular weight excluding hydrogens is 282 g/mol. The molecule has 6 heteroatoms. The fraction of sp³-hybridized carbons (Fsp3) is 0.562. The summed E-state index contributed by atoms with van der Waals surface area (Å²) in [5.74, 6) is -0.535. The van der Waals surface area contributed by atoms with E-state index in [0.29, 0.717) is 11.6 Å². The molecule has 1 N–H and O–H groups in total. The topological polar surface area (TPSA) is 73.7 Å². The summed E-state index contributed by atoms with van der Waals surface area (Å²) in [5, 5.41) is 9.03. The second-order valence-electron chi connectivity index (χ2n) is 5.87. The van der Waals surface area contributed by atoms with Crippen molar-refractivity contribution in [2.75, 3.05) is 18.5 Å². The molecule has 0 aromatic carbocycles. The maximum absolute atomic E-state index is 12.4. The average Bonchev–Trinajstić information content (AvgIpc) is 2.53. The maximum Gasteiger partial charge on any atom is 0.326 e. The molecular formula is C16H23N3O3. The highest BCUT2D eigenvalue weighted by atomic mass is 16.4. The average molecular weight is 305 g/mol. The Hall–Kier alpha value is -2.11. The number of carboxylic acid groups (broad SMARTS) is 1. The number of carbonyl (C=O) groups is 2. The Bertz CT molecular complexity index is 561. The van der Waals surface area contributed by atoms with Crippen LogP contribution in [0.25, 0.3) is 0 Å². The number of anilines is 1. The summed E-state index contributed by atoms with van der Waals surface area (Å²) in [6.07, 6.45) is 5.08. The monoisotopic (exact) mass is 305 g/mol. The zero-order valence-electron chi connectivity index (χ0n) is 13.3. The van der Waals surface area contributed by atoms with E-state index in [4.69, 9.17) is 5.11 Å². The number of nitrogens with zero attached hydrogens (tertiary/aromatic N) is 3. The summed E-state index contributed by atoms with van der Waals surface area (Å²) in [5.41, 5.74) is 0.471. The van der Waals surface area contributed by atoms with Crippen LogP contribution in [0.5, 0.6) is 0 Å². The molecule has 2 atom stereocenters.